The van der Waals surface area contributed by atoms with E-state index < -0.39 is 23.3 Å². The van der Waals surface area contributed by atoms with E-state index in [4.69, 9.17) is 4.74 Å². The van der Waals surface area contributed by atoms with Gasteiger partial charge in [-0.2, -0.15) is 4.39 Å². The van der Waals surface area contributed by atoms with Gasteiger partial charge in [0, 0.05) is 5.56 Å². The molecule has 0 unspecified atom stereocenters. The molecule has 1 aliphatic rings. The van der Waals surface area contributed by atoms with Gasteiger partial charge in [-0.25, -0.2) is 13.2 Å². The van der Waals surface area contributed by atoms with Gasteiger partial charge in [-0.05, 0) is 84.7 Å². The lowest BCUT2D eigenvalue weighted by Gasteiger charge is -2.28. The molecule has 0 atom stereocenters. The Balaban J connectivity index is 1.43. The Kier molecular flexibility index (Phi) is 7.60. The first kappa shape index (κ1) is 24.3. The van der Waals surface area contributed by atoms with Crippen LogP contribution in [-0.2, 0) is 12.8 Å². The molecule has 34 heavy (non-hydrogen) atoms. The van der Waals surface area contributed by atoms with Crippen LogP contribution < -0.4 is 4.74 Å². The number of hydrogen-bond donors (Lipinski definition) is 0. The zero-order valence-electron chi connectivity index (χ0n) is 19.6. The van der Waals surface area contributed by atoms with Crippen molar-refractivity contribution in [1.29, 1.82) is 0 Å². The molecule has 0 spiro atoms. The first-order valence-corrected chi connectivity index (χ1v) is 12.0. The minimum absolute atomic E-state index is 0.0991. The van der Waals surface area contributed by atoms with Gasteiger partial charge in [-0.15, -0.1) is 0 Å². The Morgan fingerprint density at radius 3 is 2.09 bits per heavy atom. The van der Waals surface area contributed by atoms with Crippen LogP contribution in [0.2, 0.25) is 0 Å². The van der Waals surface area contributed by atoms with Crippen molar-refractivity contribution in [3.63, 3.8) is 0 Å². The van der Waals surface area contributed by atoms with Crippen molar-refractivity contribution in [2.75, 3.05) is 7.11 Å². The smallest absolute Gasteiger partial charge is 0.201 e. The topological polar surface area (TPSA) is 9.23 Å². The summed E-state index contributed by atoms with van der Waals surface area (Å²) in [6, 6.07) is 13.3. The first-order valence-electron chi connectivity index (χ1n) is 12.0. The minimum Gasteiger partial charge on any atom is -0.494 e. The van der Waals surface area contributed by atoms with Gasteiger partial charge >= 0.3 is 0 Å². The van der Waals surface area contributed by atoms with E-state index in [0.717, 1.165) is 37.7 Å². The molecule has 5 heteroatoms. The summed E-state index contributed by atoms with van der Waals surface area (Å²) in [5.74, 6) is -2.78. The molecular formula is C29H30F4O. The van der Waals surface area contributed by atoms with E-state index in [1.54, 1.807) is 36.4 Å². The van der Waals surface area contributed by atoms with Gasteiger partial charge in [-0.1, -0.05) is 49.7 Å². The quantitative estimate of drug-likeness (QED) is 0.315. The fourth-order valence-corrected chi connectivity index (χ4v) is 5.04. The second-order valence-corrected chi connectivity index (χ2v) is 9.21. The summed E-state index contributed by atoms with van der Waals surface area (Å²) in [5.41, 5.74) is 2.44. The van der Waals surface area contributed by atoms with E-state index in [0.29, 0.717) is 35.4 Å². The highest BCUT2D eigenvalue weighted by Gasteiger charge is 2.25. The summed E-state index contributed by atoms with van der Waals surface area (Å²) >= 11 is 0. The van der Waals surface area contributed by atoms with E-state index in [1.807, 2.05) is 0 Å². The lowest BCUT2D eigenvalue weighted by molar-refractivity contribution is 0.312. The Morgan fingerprint density at radius 2 is 1.44 bits per heavy atom. The number of rotatable bonds is 7. The molecule has 1 saturated carbocycles. The molecule has 3 aromatic rings. The normalized spacial score (nSPS) is 18.2. The summed E-state index contributed by atoms with van der Waals surface area (Å²) in [7, 11) is 1.28. The summed E-state index contributed by atoms with van der Waals surface area (Å²) in [5, 5.41) is 0. The van der Waals surface area contributed by atoms with E-state index in [-0.39, 0.29) is 17.2 Å². The Morgan fingerprint density at radius 1 is 0.735 bits per heavy atom. The number of hydrogen-bond acceptors (Lipinski definition) is 1. The van der Waals surface area contributed by atoms with Crippen LogP contribution in [-0.4, -0.2) is 7.11 Å². The molecule has 4 rings (SSSR count). The zero-order valence-corrected chi connectivity index (χ0v) is 19.6. The highest BCUT2D eigenvalue weighted by atomic mass is 19.2. The molecule has 1 fully saturated rings. The monoisotopic (exact) mass is 470 g/mol. The summed E-state index contributed by atoms with van der Waals surface area (Å²) < 4.78 is 62.9. The van der Waals surface area contributed by atoms with Crippen molar-refractivity contribution in [3.8, 4) is 16.9 Å². The van der Waals surface area contributed by atoms with E-state index in [9.17, 15) is 17.6 Å². The molecule has 3 aromatic carbocycles. The molecule has 1 aliphatic carbocycles. The summed E-state index contributed by atoms with van der Waals surface area (Å²) in [6.45, 7) is 2.19. The maximum Gasteiger partial charge on any atom is 0.201 e. The van der Waals surface area contributed by atoms with Crippen molar-refractivity contribution in [2.45, 2.75) is 57.8 Å². The van der Waals surface area contributed by atoms with Gasteiger partial charge in [-0.3, -0.25) is 0 Å². The average Bonchev–Trinajstić information content (AvgIpc) is 2.87. The van der Waals surface area contributed by atoms with Crippen molar-refractivity contribution >= 4 is 0 Å². The Bertz CT molecular complexity index is 1130. The predicted molar refractivity (Wildman–Crippen MR) is 127 cm³/mol. The van der Waals surface area contributed by atoms with Gasteiger partial charge in [0.2, 0.25) is 5.82 Å². The van der Waals surface area contributed by atoms with Crippen LogP contribution in [0.4, 0.5) is 17.6 Å². The minimum atomic E-state index is -1.02. The van der Waals surface area contributed by atoms with Crippen LogP contribution in [0.5, 0.6) is 5.75 Å². The third-order valence-corrected chi connectivity index (χ3v) is 7.27. The molecule has 0 N–H and O–H groups in total. The van der Waals surface area contributed by atoms with Crippen molar-refractivity contribution in [3.05, 3.63) is 88.5 Å². The van der Waals surface area contributed by atoms with Crippen LogP contribution in [0.1, 0.15) is 61.6 Å². The third kappa shape index (κ3) is 4.98. The molecule has 180 valence electrons. The molecule has 0 bridgehead atoms. The molecule has 0 amide bonds. The fraction of sp³-hybridized carbons (Fsp3) is 0.379. The predicted octanol–water partition coefficient (Wildman–Crippen LogP) is 8.39. The number of aryl methyl sites for hydroxylation is 2. The highest BCUT2D eigenvalue weighted by Crippen LogP contribution is 2.38. The zero-order chi connectivity index (χ0) is 24.2. The van der Waals surface area contributed by atoms with Crippen LogP contribution in [0.3, 0.4) is 0 Å². The molecule has 0 saturated heterocycles. The second-order valence-electron chi connectivity index (χ2n) is 9.21. The van der Waals surface area contributed by atoms with Gasteiger partial charge in [0.15, 0.2) is 23.2 Å². The molecule has 0 aromatic heterocycles. The van der Waals surface area contributed by atoms with Crippen molar-refractivity contribution < 1.29 is 22.3 Å². The van der Waals surface area contributed by atoms with Crippen LogP contribution in [0.25, 0.3) is 11.1 Å². The first-order chi connectivity index (χ1) is 16.4. The van der Waals surface area contributed by atoms with E-state index >= 15 is 0 Å². The summed E-state index contributed by atoms with van der Waals surface area (Å²) in [4.78, 5) is 0. The van der Waals surface area contributed by atoms with Gasteiger partial charge < -0.3 is 4.74 Å². The number of halogens is 4. The number of ether oxygens (including phenoxy) is 1. The van der Waals surface area contributed by atoms with Crippen molar-refractivity contribution in [2.24, 2.45) is 5.92 Å². The SMILES string of the molecule is CCC1CCC(c2ccc(CCc3ccc(-c4ccc(OC)c(F)c4F)cc3)c(F)c2F)CC1. The average molecular weight is 471 g/mol. The number of methoxy groups -OCH3 is 1. The molecule has 0 heterocycles. The van der Waals surface area contributed by atoms with E-state index in [2.05, 4.69) is 6.92 Å². The Labute approximate surface area is 198 Å². The largest absolute Gasteiger partial charge is 0.494 e. The van der Waals surface area contributed by atoms with E-state index in [1.165, 1.54) is 19.2 Å². The van der Waals surface area contributed by atoms with Gasteiger partial charge in [0.1, 0.15) is 0 Å². The maximum atomic E-state index is 14.9. The van der Waals surface area contributed by atoms with Gasteiger partial charge in [0.25, 0.3) is 0 Å². The second kappa shape index (κ2) is 10.6. The van der Waals surface area contributed by atoms with Crippen LogP contribution in [0, 0.1) is 29.2 Å². The molecule has 0 radical (unpaired) electrons. The van der Waals surface area contributed by atoms with Crippen molar-refractivity contribution in [1.82, 2.24) is 0 Å². The lowest BCUT2D eigenvalue weighted by atomic mass is 9.77. The number of benzene rings is 3. The fourth-order valence-electron chi connectivity index (χ4n) is 5.04. The third-order valence-electron chi connectivity index (χ3n) is 7.27. The Hall–Kier alpha value is -2.82. The molecular weight excluding hydrogens is 440 g/mol. The van der Waals surface area contributed by atoms with Crippen LogP contribution in [0.15, 0.2) is 48.5 Å². The standard InChI is InChI=1S/C29H30F4O/c1-3-18-4-9-20(10-5-18)23-15-14-22(26(30)27(23)31)13-8-19-6-11-21(12-7-19)24-16-17-25(34-2)29(33)28(24)32/h6-7,11-12,14-18,20H,3-5,8-10,13H2,1-2H3. The van der Waals surface area contributed by atoms with Gasteiger partial charge in [0.05, 0.1) is 7.11 Å². The summed E-state index contributed by atoms with van der Waals surface area (Å²) in [6.07, 6.45) is 6.00. The molecule has 0 aliphatic heterocycles. The maximum absolute atomic E-state index is 14.9. The lowest BCUT2D eigenvalue weighted by Crippen LogP contribution is -2.14. The van der Waals surface area contributed by atoms with Crippen LogP contribution >= 0.6 is 0 Å². The highest BCUT2D eigenvalue weighted by molar-refractivity contribution is 5.65. The molecule has 1 nitrogen and oxygen atoms in total.